The zero-order valence-electron chi connectivity index (χ0n) is 11.2. The van der Waals surface area contributed by atoms with E-state index in [1.165, 1.54) is 12.8 Å². The monoisotopic (exact) mass is 379 g/mol. The maximum absolute atomic E-state index is 9.92. The molecular weight excluding hydrogens is 357 g/mol. The Balaban J connectivity index is 0.00000180. The molecule has 1 aromatic rings. The minimum absolute atomic E-state index is 0. The number of nitrogens with one attached hydrogen (secondary N) is 1. The molecule has 0 spiro atoms. The van der Waals surface area contributed by atoms with Crippen LogP contribution in [0.4, 0.5) is 0 Å². The predicted octanol–water partition coefficient (Wildman–Crippen LogP) is 1.99. The van der Waals surface area contributed by atoms with Crippen LogP contribution in [0.2, 0.25) is 0 Å². The van der Waals surface area contributed by atoms with Gasteiger partial charge in [0.05, 0.1) is 12.8 Å². The molecule has 1 aromatic heterocycles. The van der Waals surface area contributed by atoms with Crippen molar-refractivity contribution in [1.29, 1.82) is 0 Å². The molecule has 1 aliphatic heterocycles. The van der Waals surface area contributed by atoms with Crippen molar-refractivity contribution in [2.24, 2.45) is 4.99 Å². The molecule has 0 aliphatic carbocycles. The molecule has 0 aromatic carbocycles. The van der Waals surface area contributed by atoms with E-state index in [-0.39, 0.29) is 24.0 Å². The van der Waals surface area contributed by atoms with Gasteiger partial charge in [-0.2, -0.15) is 0 Å². The molecule has 2 N–H and O–H groups in total. The maximum Gasteiger partial charge on any atom is 0.194 e. The second kappa shape index (κ2) is 8.42. The highest BCUT2D eigenvalue weighted by molar-refractivity contribution is 14.0. The number of aliphatic hydroxyl groups is 1. The molecule has 1 unspecified atom stereocenters. The quantitative estimate of drug-likeness (QED) is 0.477. The smallest absolute Gasteiger partial charge is 0.194 e. The number of nitrogens with zero attached hydrogens (tertiary/aromatic N) is 2. The van der Waals surface area contributed by atoms with Gasteiger partial charge in [-0.1, -0.05) is 0 Å². The summed E-state index contributed by atoms with van der Waals surface area (Å²) in [7, 11) is 0. The van der Waals surface area contributed by atoms with Gasteiger partial charge < -0.3 is 19.7 Å². The molecule has 0 saturated carbocycles. The molecule has 1 fully saturated rings. The Morgan fingerprint density at radius 1 is 1.53 bits per heavy atom. The number of guanidine groups is 1. The zero-order chi connectivity index (χ0) is 12.8. The highest BCUT2D eigenvalue weighted by atomic mass is 127. The molecule has 2 rings (SSSR count). The Kier molecular flexibility index (Phi) is 7.22. The third kappa shape index (κ3) is 4.68. The van der Waals surface area contributed by atoms with Gasteiger partial charge in [-0.3, -0.25) is 0 Å². The number of hydrogen-bond donors (Lipinski definition) is 2. The first-order chi connectivity index (χ1) is 8.81. The lowest BCUT2D eigenvalue weighted by molar-refractivity contribution is 0.158. The first kappa shape index (κ1) is 16.3. The van der Waals surface area contributed by atoms with Gasteiger partial charge in [0.2, 0.25) is 0 Å². The Hall–Kier alpha value is -0.760. The van der Waals surface area contributed by atoms with Crippen molar-refractivity contribution < 1.29 is 9.52 Å². The van der Waals surface area contributed by atoms with E-state index < -0.39 is 6.10 Å². The second-order valence-electron chi connectivity index (χ2n) is 4.42. The lowest BCUT2D eigenvalue weighted by Gasteiger charge is -2.21. The van der Waals surface area contributed by atoms with Gasteiger partial charge in [0.25, 0.3) is 0 Å². The fraction of sp³-hybridized carbons (Fsp3) is 0.615. The van der Waals surface area contributed by atoms with Crippen LogP contribution in [0.5, 0.6) is 0 Å². The molecular formula is C13H22IN3O2. The Bertz CT molecular complexity index is 375. The minimum atomic E-state index is -0.670. The van der Waals surface area contributed by atoms with Crippen LogP contribution in [0.15, 0.2) is 27.8 Å². The molecule has 6 heteroatoms. The number of likely N-dealkylation sites (tertiary alicyclic amines) is 1. The van der Waals surface area contributed by atoms with Crippen LogP contribution in [0, 0.1) is 0 Å². The first-order valence-electron chi connectivity index (χ1n) is 6.56. The Morgan fingerprint density at radius 3 is 2.84 bits per heavy atom. The van der Waals surface area contributed by atoms with Gasteiger partial charge >= 0.3 is 0 Å². The van der Waals surface area contributed by atoms with Gasteiger partial charge in [0.15, 0.2) is 5.96 Å². The van der Waals surface area contributed by atoms with Crippen molar-refractivity contribution >= 4 is 29.9 Å². The fourth-order valence-corrected chi connectivity index (χ4v) is 2.10. The predicted molar refractivity (Wildman–Crippen MR) is 85.9 cm³/mol. The highest BCUT2D eigenvalue weighted by Gasteiger charge is 2.16. The van der Waals surface area contributed by atoms with Gasteiger partial charge in [-0.05, 0) is 31.9 Å². The van der Waals surface area contributed by atoms with E-state index in [2.05, 4.69) is 22.1 Å². The summed E-state index contributed by atoms with van der Waals surface area (Å²) >= 11 is 0. The van der Waals surface area contributed by atoms with Crippen LogP contribution in [0.3, 0.4) is 0 Å². The van der Waals surface area contributed by atoms with Crippen LogP contribution < -0.4 is 5.32 Å². The van der Waals surface area contributed by atoms with Crippen LogP contribution in [0.25, 0.3) is 0 Å². The van der Waals surface area contributed by atoms with E-state index >= 15 is 0 Å². The molecule has 19 heavy (non-hydrogen) atoms. The maximum atomic E-state index is 9.92. The molecule has 1 aliphatic rings. The number of halogens is 1. The van der Waals surface area contributed by atoms with Crippen molar-refractivity contribution in [2.75, 3.05) is 26.2 Å². The standard InChI is InChI=1S/C13H21N3O2.HI/c1-2-14-13(16-7-3-4-8-16)15-10-11(17)12-6-5-9-18-12;/h5-6,9,11,17H,2-4,7-8,10H2,1H3,(H,14,15);1H. The number of aliphatic hydroxyl groups excluding tert-OH is 1. The van der Waals surface area contributed by atoms with Crippen LogP contribution in [-0.2, 0) is 0 Å². The number of furan rings is 1. The lowest BCUT2D eigenvalue weighted by Crippen LogP contribution is -2.39. The highest BCUT2D eigenvalue weighted by Crippen LogP contribution is 2.14. The summed E-state index contributed by atoms with van der Waals surface area (Å²) in [6, 6.07) is 3.54. The third-order valence-electron chi connectivity index (χ3n) is 3.03. The van der Waals surface area contributed by atoms with Crippen molar-refractivity contribution in [3.8, 4) is 0 Å². The SMILES string of the molecule is CCNC(=NCC(O)c1ccco1)N1CCCC1.I. The van der Waals surface area contributed by atoms with Crippen LogP contribution >= 0.6 is 24.0 Å². The zero-order valence-corrected chi connectivity index (χ0v) is 13.5. The summed E-state index contributed by atoms with van der Waals surface area (Å²) in [5.41, 5.74) is 0. The van der Waals surface area contributed by atoms with E-state index in [1.807, 2.05) is 0 Å². The summed E-state index contributed by atoms with van der Waals surface area (Å²) in [4.78, 5) is 6.71. The third-order valence-corrected chi connectivity index (χ3v) is 3.03. The summed E-state index contributed by atoms with van der Waals surface area (Å²) in [5, 5.41) is 13.2. The molecule has 5 nitrogen and oxygen atoms in total. The van der Waals surface area contributed by atoms with Gasteiger partial charge in [0.1, 0.15) is 11.9 Å². The number of aliphatic imine (C=N–C) groups is 1. The van der Waals surface area contributed by atoms with Gasteiger partial charge in [0, 0.05) is 19.6 Å². The lowest BCUT2D eigenvalue weighted by atomic mass is 10.3. The Morgan fingerprint density at radius 2 is 2.26 bits per heavy atom. The van der Waals surface area contributed by atoms with Crippen molar-refractivity contribution in [1.82, 2.24) is 10.2 Å². The van der Waals surface area contributed by atoms with Crippen LogP contribution in [0.1, 0.15) is 31.6 Å². The van der Waals surface area contributed by atoms with E-state index in [4.69, 9.17) is 4.42 Å². The van der Waals surface area contributed by atoms with Crippen molar-refractivity contribution in [3.05, 3.63) is 24.2 Å². The fourth-order valence-electron chi connectivity index (χ4n) is 2.10. The van der Waals surface area contributed by atoms with E-state index in [9.17, 15) is 5.11 Å². The topological polar surface area (TPSA) is 61.0 Å². The molecule has 0 bridgehead atoms. The normalized spacial score (nSPS) is 17.2. The number of hydrogen-bond acceptors (Lipinski definition) is 3. The summed E-state index contributed by atoms with van der Waals surface area (Å²) in [6.07, 6.45) is 3.32. The van der Waals surface area contributed by atoms with E-state index in [0.29, 0.717) is 12.3 Å². The van der Waals surface area contributed by atoms with Gasteiger partial charge in [-0.25, -0.2) is 4.99 Å². The molecule has 108 valence electrons. The largest absolute Gasteiger partial charge is 0.467 e. The molecule has 1 atom stereocenters. The molecule has 0 radical (unpaired) electrons. The van der Waals surface area contributed by atoms with Crippen molar-refractivity contribution in [3.63, 3.8) is 0 Å². The molecule has 0 amide bonds. The minimum Gasteiger partial charge on any atom is -0.467 e. The Labute approximate surface area is 131 Å². The van der Waals surface area contributed by atoms with E-state index in [0.717, 1.165) is 25.6 Å². The van der Waals surface area contributed by atoms with E-state index in [1.54, 1.807) is 18.4 Å². The number of rotatable bonds is 4. The first-order valence-corrected chi connectivity index (χ1v) is 6.56. The molecule has 2 heterocycles. The van der Waals surface area contributed by atoms with Gasteiger partial charge in [-0.15, -0.1) is 24.0 Å². The summed E-state index contributed by atoms with van der Waals surface area (Å²) < 4.78 is 5.16. The second-order valence-corrected chi connectivity index (χ2v) is 4.42. The summed E-state index contributed by atoms with van der Waals surface area (Å²) in [5.74, 6) is 1.46. The summed E-state index contributed by atoms with van der Waals surface area (Å²) in [6.45, 7) is 5.30. The van der Waals surface area contributed by atoms with Crippen molar-refractivity contribution in [2.45, 2.75) is 25.9 Å². The average Bonchev–Trinajstić information content (AvgIpc) is 3.04. The van der Waals surface area contributed by atoms with Crippen LogP contribution in [-0.4, -0.2) is 42.1 Å². The molecule has 1 saturated heterocycles. The average molecular weight is 379 g/mol.